The van der Waals surface area contributed by atoms with E-state index in [9.17, 15) is 19.0 Å². The summed E-state index contributed by atoms with van der Waals surface area (Å²) >= 11 is 0. The van der Waals surface area contributed by atoms with E-state index in [1.165, 1.54) is 180 Å². The van der Waals surface area contributed by atoms with Crippen LogP contribution in [0.2, 0.25) is 0 Å². The van der Waals surface area contributed by atoms with Crippen LogP contribution in [0.1, 0.15) is 335 Å². The minimum Gasteiger partial charge on any atom is -0.756 e. The maximum absolute atomic E-state index is 12.9. The number of rotatable bonds is 73. The van der Waals surface area contributed by atoms with Gasteiger partial charge in [-0.15, -0.1) is 0 Å². The van der Waals surface area contributed by atoms with Gasteiger partial charge in [-0.05, 0) is 122 Å². The van der Waals surface area contributed by atoms with Gasteiger partial charge in [0, 0.05) is 12.8 Å². The Morgan fingerprint density at radius 3 is 0.816 bits per heavy atom. The number of ether oxygens (including phenoxy) is 2. The molecule has 10 heteroatoms. The number of hydrogen-bond acceptors (Lipinski definition) is 8. The lowest BCUT2D eigenvalue weighted by Crippen LogP contribution is -2.37. The molecule has 0 saturated heterocycles. The Morgan fingerprint density at radius 1 is 0.316 bits per heavy atom. The van der Waals surface area contributed by atoms with E-state index in [0.29, 0.717) is 17.4 Å². The van der Waals surface area contributed by atoms with E-state index in [0.717, 1.165) is 122 Å². The summed E-state index contributed by atoms with van der Waals surface area (Å²) in [4.78, 5) is 38.2. The van der Waals surface area contributed by atoms with E-state index in [4.69, 9.17) is 18.5 Å². The smallest absolute Gasteiger partial charge is 0.306 e. The average molecular weight is 1380 g/mol. The van der Waals surface area contributed by atoms with E-state index in [2.05, 4.69) is 172 Å². The molecule has 560 valence electrons. The zero-order chi connectivity index (χ0) is 71.1. The first-order chi connectivity index (χ1) is 48.0. The summed E-state index contributed by atoms with van der Waals surface area (Å²) < 4.78 is 34.4. The quantitative estimate of drug-likeness (QED) is 0.0195. The first kappa shape index (κ1) is 93.6. The fraction of sp³-hybridized carbons (Fsp3) is 0.682. The first-order valence-electron chi connectivity index (χ1n) is 40.2. The monoisotopic (exact) mass is 1380 g/mol. The molecule has 9 nitrogen and oxygen atoms in total. The number of esters is 2. The third-order valence-corrected chi connectivity index (χ3v) is 18.0. The van der Waals surface area contributed by atoms with Crippen LogP contribution in [0.25, 0.3) is 0 Å². The van der Waals surface area contributed by atoms with Crippen molar-refractivity contribution >= 4 is 19.8 Å². The van der Waals surface area contributed by atoms with Crippen molar-refractivity contribution in [2.45, 2.75) is 341 Å². The topological polar surface area (TPSA) is 111 Å². The molecule has 0 aromatic heterocycles. The van der Waals surface area contributed by atoms with Crippen LogP contribution in [0, 0.1) is 0 Å². The van der Waals surface area contributed by atoms with Crippen LogP contribution in [-0.4, -0.2) is 70.0 Å². The molecular weight excluding hydrogens is 1230 g/mol. The predicted octanol–water partition coefficient (Wildman–Crippen LogP) is 26.4. The van der Waals surface area contributed by atoms with Crippen molar-refractivity contribution in [1.29, 1.82) is 0 Å². The van der Waals surface area contributed by atoms with Gasteiger partial charge in [-0.1, -0.05) is 358 Å². The maximum Gasteiger partial charge on any atom is 0.306 e. The Hall–Kier alpha value is -4.37. The number of likely N-dealkylation sites (N-methyl/N-ethyl adjacent to an activating group) is 1. The number of unbranched alkanes of at least 4 members (excludes halogenated alkanes) is 33. The van der Waals surface area contributed by atoms with Crippen LogP contribution in [0.4, 0.5) is 0 Å². The molecule has 0 aromatic carbocycles. The van der Waals surface area contributed by atoms with E-state index in [-0.39, 0.29) is 32.0 Å². The predicted molar refractivity (Wildman–Crippen MR) is 424 cm³/mol. The van der Waals surface area contributed by atoms with Crippen molar-refractivity contribution in [3.8, 4) is 0 Å². The van der Waals surface area contributed by atoms with Crippen LogP contribution < -0.4 is 4.89 Å². The third-order valence-electron chi connectivity index (χ3n) is 17.0. The van der Waals surface area contributed by atoms with Gasteiger partial charge in [0.15, 0.2) is 6.10 Å². The molecule has 98 heavy (non-hydrogen) atoms. The van der Waals surface area contributed by atoms with Crippen LogP contribution in [-0.2, 0) is 32.7 Å². The average Bonchev–Trinajstić information content (AvgIpc) is 1.08. The van der Waals surface area contributed by atoms with Gasteiger partial charge in [-0.2, -0.15) is 0 Å². The third kappa shape index (κ3) is 80.6. The Kier molecular flexibility index (Phi) is 73.4. The number of nitrogens with zero attached hydrogens (tertiary/aromatic N) is 1. The molecule has 0 N–H and O–H groups in total. The van der Waals surface area contributed by atoms with Crippen LogP contribution in [0.3, 0.4) is 0 Å². The molecule has 0 rings (SSSR count). The van der Waals surface area contributed by atoms with E-state index < -0.39 is 26.5 Å². The number of carbonyl (C=O) groups excluding carboxylic acids is 2. The molecule has 0 aliphatic rings. The fourth-order valence-corrected chi connectivity index (χ4v) is 11.7. The molecule has 2 unspecified atom stereocenters. The second-order valence-corrected chi connectivity index (χ2v) is 29.1. The summed E-state index contributed by atoms with van der Waals surface area (Å²) in [7, 11) is 1.16. The summed E-state index contributed by atoms with van der Waals surface area (Å²) in [6.45, 7) is 4.04. The minimum absolute atomic E-state index is 0.0350. The second-order valence-electron chi connectivity index (χ2n) is 27.7. The Labute approximate surface area is 605 Å². The molecule has 0 aromatic rings. The Balaban J connectivity index is 3.99. The first-order valence-corrected chi connectivity index (χ1v) is 41.7. The molecule has 0 radical (unpaired) electrons. The normalized spacial score (nSPS) is 13.9. The van der Waals surface area contributed by atoms with Crippen molar-refractivity contribution in [1.82, 2.24) is 0 Å². The van der Waals surface area contributed by atoms with Gasteiger partial charge in [0.05, 0.1) is 27.7 Å². The van der Waals surface area contributed by atoms with Crippen molar-refractivity contribution in [3.63, 3.8) is 0 Å². The molecule has 0 bridgehead atoms. The van der Waals surface area contributed by atoms with Gasteiger partial charge in [0.1, 0.15) is 19.8 Å². The fourth-order valence-electron chi connectivity index (χ4n) is 11.0. The zero-order valence-corrected chi connectivity index (χ0v) is 64.8. The van der Waals surface area contributed by atoms with Crippen LogP contribution in [0.5, 0.6) is 0 Å². The van der Waals surface area contributed by atoms with Gasteiger partial charge in [0.25, 0.3) is 7.82 Å². The lowest BCUT2D eigenvalue weighted by Gasteiger charge is -2.28. The van der Waals surface area contributed by atoms with Gasteiger partial charge in [-0.3, -0.25) is 14.2 Å². The van der Waals surface area contributed by atoms with Gasteiger partial charge in [-0.25, -0.2) is 0 Å². The van der Waals surface area contributed by atoms with Crippen molar-refractivity contribution in [2.75, 3.05) is 47.5 Å². The van der Waals surface area contributed by atoms with Crippen molar-refractivity contribution in [3.05, 3.63) is 158 Å². The van der Waals surface area contributed by atoms with Crippen LogP contribution in [0.15, 0.2) is 158 Å². The standard InChI is InChI=1S/C88H150NO8P/c1-6-8-10-12-14-16-18-20-22-24-26-28-30-32-34-36-38-40-42-44-46-48-50-52-54-56-58-60-62-64-66-68-70-72-74-76-78-80-87(90)94-84-86(85-96-98(92,93)95-83-82-89(3,4)5)97-88(91)81-79-77-75-73-71-69-67-65-63-61-59-57-55-53-51-49-47-45-43-41-39-37-35-33-31-29-27-25-23-21-19-17-15-13-11-9-7-2/h8-11,14-17,20-23,26-29,32-35,38-41,45,47,86H,6-7,12-13,18-19,24-25,30-31,36-37,42-44,46,48-85H2,1-5H3/b10-8-,11-9-,16-14-,17-15-,22-20-,23-21-,28-26-,29-27-,34-32-,35-33-,40-38-,41-39-,47-45-. The SMILES string of the molecule is CC/C=C\C/C=C\C/C=C\C/C=C\C/C=C\C/C=C\C/C=C\CCCCCCCCCCCCCCCCCC(=O)OC(COC(=O)CCCCCCCCCCCCCCCCCCCC/C=C\C/C=C\C/C=C\C/C=C\C/C=C\C/C=C\CC)COP(=O)([O-])OCC[N+](C)(C)C. The maximum atomic E-state index is 12.9. The highest BCUT2D eigenvalue weighted by Gasteiger charge is 2.22. The highest BCUT2D eigenvalue weighted by Crippen LogP contribution is 2.38. The lowest BCUT2D eigenvalue weighted by molar-refractivity contribution is -0.870. The molecule has 0 aliphatic carbocycles. The highest BCUT2D eigenvalue weighted by atomic mass is 31.2. The van der Waals surface area contributed by atoms with Crippen molar-refractivity contribution in [2.24, 2.45) is 0 Å². The molecule has 0 fully saturated rings. The number of quaternary nitrogens is 1. The Morgan fingerprint density at radius 2 is 0.551 bits per heavy atom. The van der Waals surface area contributed by atoms with Gasteiger partial charge < -0.3 is 27.9 Å². The van der Waals surface area contributed by atoms with E-state index in [1.807, 2.05) is 21.1 Å². The van der Waals surface area contributed by atoms with Crippen LogP contribution >= 0.6 is 7.82 Å². The largest absolute Gasteiger partial charge is 0.756 e. The van der Waals surface area contributed by atoms with Gasteiger partial charge in [0.2, 0.25) is 0 Å². The highest BCUT2D eigenvalue weighted by molar-refractivity contribution is 7.45. The summed E-state index contributed by atoms with van der Waals surface area (Å²) in [5.74, 6) is -0.827. The molecule has 0 aliphatic heterocycles. The molecular formula is C88H150NO8P. The zero-order valence-electron chi connectivity index (χ0n) is 63.9. The van der Waals surface area contributed by atoms with E-state index in [1.54, 1.807) is 0 Å². The molecule has 0 saturated carbocycles. The number of phosphoric acid groups is 1. The molecule has 0 spiro atoms. The van der Waals surface area contributed by atoms with E-state index >= 15 is 0 Å². The molecule has 0 amide bonds. The number of allylic oxidation sites excluding steroid dienone is 26. The summed E-state index contributed by atoms with van der Waals surface area (Å²) in [6, 6.07) is 0. The molecule has 2 atom stereocenters. The Bertz CT molecular complexity index is 2220. The summed E-state index contributed by atoms with van der Waals surface area (Å²) in [5, 5.41) is 0. The van der Waals surface area contributed by atoms with Gasteiger partial charge >= 0.3 is 11.9 Å². The summed E-state index contributed by atoms with van der Waals surface area (Å²) in [6.07, 6.45) is 115. The molecule has 0 heterocycles. The number of phosphoric ester groups is 1. The second kappa shape index (κ2) is 76.8. The lowest BCUT2D eigenvalue weighted by atomic mass is 10.0. The van der Waals surface area contributed by atoms with Crippen molar-refractivity contribution < 1.29 is 42.1 Å². The number of carbonyl (C=O) groups is 2. The minimum atomic E-state index is -4.65. The summed E-state index contributed by atoms with van der Waals surface area (Å²) in [5.41, 5.74) is 0. The number of hydrogen-bond donors (Lipinski definition) is 0.